The van der Waals surface area contributed by atoms with E-state index in [0.29, 0.717) is 6.42 Å². The fraction of sp³-hybridized carbons (Fsp3) is 0.455. The summed E-state index contributed by atoms with van der Waals surface area (Å²) in [5.74, 6) is 1.57. The third kappa shape index (κ3) is 3.26. The van der Waals surface area contributed by atoms with Gasteiger partial charge in [-0.05, 0) is 31.2 Å². The number of ether oxygens (including phenoxy) is 2. The molecule has 0 aliphatic rings. The Kier molecular flexibility index (Phi) is 4.26. The zero-order chi connectivity index (χ0) is 10.4. The van der Waals surface area contributed by atoms with Crippen LogP contribution in [0.5, 0.6) is 11.5 Å². The molecule has 0 spiro atoms. The molecule has 1 atom stereocenters. The zero-order valence-electron chi connectivity index (χ0n) is 8.53. The number of hydrogen-bond acceptors (Lipinski definition) is 2. The minimum absolute atomic E-state index is 0.0269. The summed E-state index contributed by atoms with van der Waals surface area (Å²) in [5.41, 5.74) is 0. The Morgan fingerprint density at radius 3 is 2.29 bits per heavy atom. The van der Waals surface area contributed by atoms with E-state index in [9.17, 15) is 5.11 Å². The van der Waals surface area contributed by atoms with Gasteiger partial charge in [-0.15, -0.1) is 0 Å². The van der Waals surface area contributed by atoms with Crippen LogP contribution in [0.2, 0.25) is 0 Å². The van der Waals surface area contributed by atoms with Crippen molar-refractivity contribution < 1.29 is 14.6 Å². The highest BCUT2D eigenvalue weighted by atomic mass is 16.5. The zero-order valence-corrected chi connectivity index (χ0v) is 8.53. The first-order valence-electron chi connectivity index (χ1n) is 4.65. The van der Waals surface area contributed by atoms with Gasteiger partial charge in [0, 0.05) is 6.42 Å². The van der Waals surface area contributed by atoms with Crippen LogP contribution in [0.15, 0.2) is 24.3 Å². The molecule has 14 heavy (non-hydrogen) atoms. The van der Waals surface area contributed by atoms with Gasteiger partial charge in [0.15, 0.2) is 0 Å². The van der Waals surface area contributed by atoms with Crippen molar-refractivity contribution in [1.82, 2.24) is 0 Å². The number of hydrogen-bond donors (Lipinski definition) is 0. The third-order valence-corrected chi connectivity index (χ3v) is 1.92. The molecule has 0 bridgehead atoms. The first-order valence-corrected chi connectivity index (χ1v) is 4.65. The summed E-state index contributed by atoms with van der Waals surface area (Å²) in [6, 6.07) is 7.33. The molecule has 77 valence electrons. The van der Waals surface area contributed by atoms with Gasteiger partial charge < -0.3 is 9.47 Å². The fourth-order valence-electron chi connectivity index (χ4n) is 1.11. The second-order valence-corrected chi connectivity index (χ2v) is 3.10. The van der Waals surface area contributed by atoms with E-state index in [-0.39, 0.29) is 12.7 Å². The standard InChI is InChI=1S/C11H15O3/c1-9(7-8-12)14-11-5-3-10(13-2)4-6-11/h3-6,9H,7-8H2,1-2H3. The molecule has 1 radical (unpaired) electrons. The smallest absolute Gasteiger partial charge is 0.119 e. The molecule has 0 saturated carbocycles. The van der Waals surface area contributed by atoms with Crippen LogP contribution >= 0.6 is 0 Å². The molecule has 0 N–H and O–H groups in total. The lowest BCUT2D eigenvalue weighted by molar-refractivity contribution is 0.129. The predicted molar refractivity (Wildman–Crippen MR) is 53.3 cm³/mol. The molecular weight excluding hydrogens is 180 g/mol. The molecule has 1 aromatic rings. The van der Waals surface area contributed by atoms with Crippen molar-refractivity contribution in [3.63, 3.8) is 0 Å². The maximum Gasteiger partial charge on any atom is 0.119 e. The van der Waals surface area contributed by atoms with Crippen molar-refractivity contribution in [3.05, 3.63) is 24.3 Å². The molecule has 0 aliphatic heterocycles. The van der Waals surface area contributed by atoms with Crippen molar-refractivity contribution in [2.45, 2.75) is 19.4 Å². The van der Waals surface area contributed by atoms with E-state index in [4.69, 9.17) is 9.47 Å². The molecule has 1 aromatic carbocycles. The SMILES string of the molecule is COc1ccc(OC(C)CC[O])cc1. The summed E-state index contributed by atoms with van der Waals surface area (Å²) in [4.78, 5) is 0. The summed E-state index contributed by atoms with van der Waals surface area (Å²) in [7, 11) is 1.62. The lowest BCUT2D eigenvalue weighted by Gasteiger charge is -2.13. The highest BCUT2D eigenvalue weighted by Crippen LogP contribution is 2.18. The normalized spacial score (nSPS) is 12.2. The van der Waals surface area contributed by atoms with Crippen LogP contribution in [0.1, 0.15) is 13.3 Å². The van der Waals surface area contributed by atoms with Crippen LogP contribution in [-0.2, 0) is 5.11 Å². The van der Waals surface area contributed by atoms with Crippen LogP contribution in [-0.4, -0.2) is 19.8 Å². The van der Waals surface area contributed by atoms with Crippen molar-refractivity contribution in [2.75, 3.05) is 13.7 Å². The first-order chi connectivity index (χ1) is 6.76. The van der Waals surface area contributed by atoms with Crippen molar-refractivity contribution in [2.24, 2.45) is 0 Å². The molecule has 1 rings (SSSR count). The summed E-state index contributed by atoms with van der Waals surface area (Å²) in [6.07, 6.45) is 0.507. The largest absolute Gasteiger partial charge is 0.497 e. The Bertz CT molecular complexity index is 256. The third-order valence-electron chi connectivity index (χ3n) is 1.92. The molecule has 0 fully saturated rings. The summed E-state index contributed by atoms with van der Waals surface area (Å²) in [6.45, 7) is 1.79. The van der Waals surface area contributed by atoms with Crippen LogP contribution in [0.25, 0.3) is 0 Å². The Balaban J connectivity index is 2.50. The Morgan fingerprint density at radius 1 is 1.21 bits per heavy atom. The predicted octanol–water partition coefficient (Wildman–Crippen LogP) is 2.28. The van der Waals surface area contributed by atoms with E-state index in [1.807, 2.05) is 31.2 Å². The monoisotopic (exact) mass is 195 g/mol. The van der Waals surface area contributed by atoms with E-state index in [2.05, 4.69) is 0 Å². The van der Waals surface area contributed by atoms with Gasteiger partial charge in [-0.2, -0.15) is 0 Å². The molecule has 1 unspecified atom stereocenters. The highest BCUT2D eigenvalue weighted by Gasteiger charge is 2.03. The highest BCUT2D eigenvalue weighted by molar-refractivity contribution is 5.31. The minimum Gasteiger partial charge on any atom is -0.497 e. The van der Waals surface area contributed by atoms with E-state index >= 15 is 0 Å². The second kappa shape index (κ2) is 5.50. The summed E-state index contributed by atoms with van der Waals surface area (Å²) >= 11 is 0. The molecule has 0 amide bonds. The molecule has 3 heteroatoms. The number of methoxy groups -OCH3 is 1. The Labute approximate surface area is 84.3 Å². The van der Waals surface area contributed by atoms with Crippen LogP contribution in [0, 0.1) is 0 Å². The van der Waals surface area contributed by atoms with Crippen molar-refractivity contribution >= 4 is 0 Å². The van der Waals surface area contributed by atoms with Crippen molar-refractivity contribution in [1.29, 1.82) is 0 Å². The van der Waals surface area contributed by atoms with Crippen LogP contribution in [0.4, 0.5) is 0 Å². The molecule has 0 aliphatic carbocycles. The maximum atomic E-state index is 10.3. The van der Waals surface area contributed by atoms with Gasteiger partial charge in [0.1, 0.15) is 11.5 Å². The topological polar surface area (TPSA) is 38.4 Å². The number of benzene rings is 1. The molecule has 0 aromatic heterocycles. The molecule has 0 saturated heterocycles. The molecule has 0 heterocycles. The van der Waals surface area contributed by atoms with E-state index in [1.165, 1.54) is 0 Å². The average molecular weight is 195 g/mol. The fourth-order valence-corrected chi connectivity index (χ4v) is 1.11. The quantitative estimate of drug-likeness (QED) is 0.723. The average Bonchev–Trinajstić information content (AvgIpc) is 2.19. The second-order valence-electron chi connectivity index (χ2n) is 3.10. The molecule has 3 nitrogen and oxygen atoms in total. The lowest BCUT2D eigenvalue weighted by atomic mass is 10.3. The van der Waals surface area contributed by atoms with Crippen LogP contribution in [0.3, 0.4) is 0 Å². The minimum atomic E-state index is -0.0999. The van der Waals surface area contributed by atoms with Crippen LogP contribution < -0.4 is 9.47 Å². The lowest BCUT2D eigenvalue weighted by Crippen LogP contribution is -2.12. The van der Waals surface area contributed by atoms with Gasteiger partial charge in [0.2, 0.25) is 0 Å². The van der Waals surface area contributed by atoms with Gasteiger partial charge in [-0.25, -0.2) is 5.11 Å². The van der Waals surface area contributed by atoms with Gasteiger partial charge >= 0.3 is 0 Å². The van der Waals surface area contributed by atoms with E-state index < -0.39 is 0 Å². The molecular formula is C11H15O3. The Morgan fingerprint density at radius 2 is 1.79 bits per heavy atom. The first kappa shape index (κ1) is 10.9. The van der Waals surface area contributed by atoms with Gasteiger partial charge in [-0.3, -0.25) is 0 Å². The summed E-state index contributed by atoms with van der Waals surface area (Å²) < 4.78 is 10.5. The van der Waals surface area contributed by atoms with Gasteiger partial charge in [0.25, 0.3) is 0 Å². The Hall–Kier alpha value is -1.22. The van der Waals surface area contributed by atoms with Crippen molar-refractivity contribution in [3.8, 4) is 11.5 Å². The van der Waals surface area contributed by atoms with Gasteiger partial charge in [-0.1, -0.05) is 0 Å². The number of rotatable bonds is 5. The van der Waals surface area contributed by atoms with Gasteiger partial charge in [0.05, 0.1) is 19.8 Å². The van der Waals surface area contributed by atoms with E-state index in [1.54, 1.807) is 7.11 Å². The maximum absolute atomic E-state index is 10.3. The summed E-state index contributed by atoms with van der Waals surface area (Å²) in [5, 5.41) is 10.3. The van der Waals surface area contributed by atoms with E-state index in [0.717, 1.165) is 11.5 Å².